The highest BCUT2D eigenvalue weighted by atomic mass is 35.5. The Kier molecular flexibility index (Phi) is 4.95. The standard InChI is InChI=1S/C15H15Cl2N5O/c16-12-3-2-10(6-13(12)17)8-22(4-1-5-23)15-11-7-20-21-14(11)18-9-19-15/h2-3,6-7,9,23H,1,4-5,8H2,(H,18,19,20,21). The van der Waals surface area contributed by atoms with E-state index in [-0.39, 0.29) is 6.61 Å². The van der Waals surface area contributed by atoms with E-state index in [4.69, 9.17) is 28.3 Å². The van der Waals surface area contributed by atoms with Crippen LogP contribution in [0.1, 0.15) is 12.0 Å². The van der Waals surface area contributed by atoms with Gasteiger partial charge in [0.15, 0.2) is 5.65 Å². The predicted molar refractivity (Wildman–Crippen MR) is 90.9 cm³/mol. The van der Waals surface area contributed by atoms with Crippen molar-refractivity contribution < 1.29 is 5.11 Å². The van der Waals surface area contributed by atoms with Gasteiger partial charge < -0.3 is 10.0 Å². The molecule has 0 radical (unpaired) electrons. The molecule has 0 saturated heterocycles. The Balaban J connectivity index is 1.94. The van der Waals surface area contributed by atoms with E-state index in [1.807, 2.05) is 12.1 Å². The average Bonchev–Trinajstić information content (AvgIpc) is 3.03. The zero-order valence-electron chi connectivity index (χ0n) is 12.2. The van der Waals surface area contributed by atoms with Crippen molar-refractivity contribution >= 4 is 40.1 Å². The van der Waals surface area contributed by atoms with Gasteiger partial charge in [0.2, 0.25) is 0 Å². The van der Waals surface area contributed by atoms with Crippen LogP contribution in [0.5, 0.6) is 0 Å². The van der Waals surface area contributed by atoms with Crippen LogP contribution >= 0.6 is 23.2 Å². The smallest absolute Gasteiger partial charge is 0.160 e. The molecule has 2 aromatic heterocycles. The number of benzene rings is 1. The van der Waals surface area contributed by atoms with E-state index in [0.29, 0.717) is 35.2 Å². The molecule has 6 nitrogen and oxygen atoms in total. The minimum atomic E-state index is 0.109. The van der Waals surface area contributed by atoms with E-state index in [0.717, 1.165) is 16.8 Å². The molecule has 0 fully saturated rings. The lowest BCUT2D eigenvalue weighted by molar-refractivity contribution is 0.289. The minimum absolute atomic E-state index is 0.109. The number of aliphatic hydroxyl groups excluding tert-OH is 1. The van der Waals surface area contributed by atoms with Crippen molar-refractivity contribution in [2.24, 2.45) is 0 Å². The lowest BCUT2D eigenvalue weighted by Crippen LogP contribution is -2.25. The van der Waals surface area contributed by atoms with E-state index in [9.17, 15) is 0 Å². The molecule has 8 heteroatoms. The number of aliphatic hydroxyl groups is 1. The van der Waals surface area contributed by atoms with Crippen molar-refractivity contribution in [1.82, 2.24) is 20.2 Å². The molecule has 0 atom stereocenters. The molecule has 3 rings (SSSR count). The molecule has 0 aliphatic rings. The Morgan fingerprint density at radius 3 is 2.83 bits per heavy atom. The van der Waals surface area contributed by atoms with Crippen molar-refractivity contribution in [3.63, 3.8) is 0 Å². The topological polar surface area (TPSA) is 77.9 Å². The van der Waals surface area contributed by atoms with Crippen molar-refractivity contribution in [2.45, 2.75) is 13.0 Å². The molecule has 2 N–H and O–H groups in total. The Morgan fingerprint density at radius 1 is 1.17 bits per heavy atom. The number of nitrogens with zero attached hydrogens (tertiary/aromatic N) is 4. The highest BCUT2D eigenvalue weighted by Gasteiger charge is 2.14. The first-order chi connectivity index (χ1) is 11.2. The van der Waals surface area contributed by atoms with Crippen LogP contribution in [-0.4, -0.2) is 38.4 Å². The summed E-state index contributed by atoms with van der Waals surface area (Å²) in [4.78, 5) is 10.6. The van der Waals surface area contributed by atoms with Gasteiger partial charge in [-0.15, -0.1) is 0 Å². The van der Waals surface area contributed by atoms with Gasteiger partial charge in [0.25, 0.3) is 0 Å². The van der Waals surface area contributed by atoms with Crippen LogP contribution in [-0.2, 0) is 6.54 Å². The zero-order chi connectivity index (χ0) is 16.2. The van der Waals surface area contributed by atoms with Crippen LogP contribution in [0.3, 0.4) is 0 Å². The predicted octanol–water partition coefficient (Wildman–Crippen LogP) is 3.05. The fourth-order valence-corrected chi connectivity index (χ4v) is 2.70. The SMILES string of the molecule is OCCCN(Cc1ccc(Cl)c(Cl)c1)c1ncnc2[nH]ncc12. The van der Waals surface area contributed by atoms with Crippen LogP contribution < -0.4 is 4.90 Å². The highest BCUT2D eigenvalue weighted by Crippen LogP contribution is 2.26. The molecule has 0 aliphatic carbocycles. The zero-order valence-corrected chi connectivity index (χ0v) is 13.7. The molecule has 0 saturated carbocycles. The fourth-order valence-electron chi connectivity index (χ4n) is 2.38. The van der Waals surface area contributed by atoms with Gasteiger partial charge in [0, 0.05) is 19.7 Å². The summed E-state index contributed by atoms with van der Waals surface area (Å²) in [6.45, 7) is 1.35. The summed E-state index contributed by atoms with van der Waals surface area (Å²) in [5.41, 5.74) is 1.69. The Hall–Kier alpha value is -1.89. The number of aromatic nitrogens is 4. The normalized spacial score (nSPS) is 11.1. The van der Waals surface area contributed by atoms with Gasteiger partial charge >= 0.3 is 0 Å². The van der Waals surface area contributed by atoms with Gasteiger partial charge in [-0.05, 0) is 24.1 Å². The quantitative estimate of drug-likeness (QED) is 0.713. The molecule has 23 heavy (non-hydrogen) atoms. The number of halogens is 2. The van der Waals surface area contributed by atoms with Crippen molar-refractivity contribution in [1.29, 1.82) is 0 Å². The summed E-state index contributed by atoms with van der Waals surface area (Å²) in [5.74, 6) is 0.767. The number of fused-ring (bicyclic) bond motifs is 1. The van der Waals surface area contributed by atoms with Crippen LogP contribution in [0, 0.1) is 0 Å². The van der Waals surface area contributed by atoms with E-state index in [1.165, 1.54) is 6.33 Å². The van der Waals surface area contributed by atoms with E-state index < -0.39 is 0 Å². The second-order valence-electron chi connectivity index (χ2n) is 5.08. The average molecular weight is 352 g/mol. The van der Waals surface area contributed by atoms with Gasteiger partial charge in [-0.2, -0.15) is 5.10 Å². The number of hydrogen-bond acceptors (Lipinski definition) is 5. The maximum atomic E-state index is 9.17. The Labute approximate surface area is 143 Å². The van der Waals surface area contributed by atoms with E-state index in [2.05, 4.69) is 25.1 Å². The Morgan fingerprint density at radius 2 is 2.04 bits per heavy atom. The summed E-state index contributed by atoms with van der Waals surface area (Å²) in [5, 5.41) is 17.9. The van der Waals surface area contributed by atoms with Crippen LogP contribution in [0.15, 0.2) is 30.7 Å². The number of anilines is 1. The minimum Gasteiger partial charge on any atom is -0.396 e. The first-order valence-corrected chi connectivity index (χ1v) is 7.88. The van der Waals surface area contributed by atoms with Crippen molar-refractivity contribution in [3.8, 4) is 0 Å². The highest BCUT2D eigenvalue weighted by molar-refractivity contribution is 6.42. The third-order valence-corrected chi connectivity index (χ3v) is 4.21. The third-order valence-electron chi connectivity index (χ3n) is 3.47. The molecule has 120 valence electrons. The first kappa shape index (κ1) is 16.0. The Bertz CT molecular complexity index is 807. The summed E-state index contributed by atoms with van der Waals surface area (Å²) in [7, 11) is 0. The van der Waals surface area contributed by atoms with Crippen LogP contribution in [0.25, 0.3) is 11.0 Å². The molecule has 3 aromatic rings. The summed E-state index contributed by atoms with van der Waals surface area (Å²) in [6, 6.07) is 5.54. The molecule has 1 aromatic carbocycles. The fraction of sp³-hybridized carbons (Fsp3) is 0.267. The molecule has 0 amide bonds. The van der Waals surface area contributed by atoms with Gasteiger partial charge in [0.05, 0.1) is 21.6 Å². The molecule has 0 aliphatic heterocycles. The molecule has 0 unspecified atom stereocenters. The molecule has 0 spiro atoms. The maximum absolute atomic E-state index is 9.17. The number of rotatable bonds is 6. The van der Waals surface area contributed by atoms with Gasteiger partial charge in [0.1, 0.15) is 12.1 Å². The molecular weight excluding hydrogens is 337 g/mol. The lowest BCUT2D eigenvalue weighted by Gasteiger charge is -2.24. The maximum Gasteiger partial charge on any atom is 0.160 e. The van der Waals surface area contributed by atoms with Gasteiger partial charge in [-0.3, -0.25) is 5.10 Å². The van der Waals surface area contributed by atoms with Gasteiger partial charge in [-0.25, -0.2) is 9.97 Å². The number of aromatic amines is 1. The molecule has 2 heterocycles. The van der Waals surface area contributed by atoms with Crippen molar-refractivity contribution in [2.75, 3.05) is 18.1 Å². The second kappa shape index (κ2) is 7.12. The van der Waals surface area contributed by atoms with Crippen LogP contribution in [0.2, 0.25) is 10.0 Å². The van der Waals surface area contributed by atoms with E-state index in [1.54, 1.807) is 12.3 Å². The molecule has 0 bridgehead atoms. The van der Waals surface area contributed by atoms with Crippen molar-refractivity contribution in [3.05, 3.63) is 46.3 Å². The number of hydrogen-bond donors (Lipinski definition) is 2. The summed E-state index contributed by atoms with van der Waals surface area (Å²) in [6.07, 6.45) is 3.83. The first-order valence-electron chi connectivity index (χ1n) is 7.13. The summed E-state index contributed by atoms with van der Waals surface area (Å²) >= 11 is 12.1. The van der Waals surface area contributed by atoms with E-state index >= 15 is 0 Å². The lowest BCUT2D eigenvalue weighted by atomic mass is 10.2. The molecular formula is C15H15Cl2N5O. The van der Waals surface area contributed by atoms with Crippen LogP contribution in [0.4, 0.5) is 5.82 Å². The monoisotopic (exact) mass is 351 g/mol. The number of nitrogens with one attached hydrogen (secondary N) is 1. The largest absolute Gasteiger partial charge is 0.396 e. The van der Waals surface area contributed by atoms with Gasteiger partial charge in [-0.1, -0.05) is 29.3 Å². The third kappa shape index (κ3) is 3.55. The number of H-pyrrole nitrogens is 1. The second-order valence-corrected chi connectivity index (χ2v) is 5.89. The summed E-state index contributed by atoms with van der Waals surface area (Å²) < 4.78 is 0.